The van der Waals surface area contributed by atoms with Gasteiger partial charge in [-0.25, -0.2) is 4.98 Å². The van der Waals surface area contributed by atoms with Crippen molar-refractivity contribution < 1.29 is 9.47 Å². The molecule has 0 saturated carbocycles. The molecule has 1 aromatic rings. The van der Waals surface area contributed by atoms with E-state index in [0.29, 0.717) is 6.54 Å². The summed E-state index contributed by atoms with van der Waals surface area (Å²) >= 11 is 0. The number of ether oxygens (including phenoxy) is 2. The highest BCUT2D eigenvalue weighted by Crippen LogP contribution is 2.28. The molecular formula is C14H20N2O2. The lowest BCUT2D eigenvalue weighted by Gasteiger charge is -2.24. The minimum atomic E-state index is 0.232. The van der Waals surface area contributed by atoms with E-state index in [2.05, 4.69) is 11.1 Å². The van der Waals surface area contributed by atoms with Gasteiger partial charge in [-0.15, -0.1) is 0 Å². The standard InChI is InChI=1S/C14H20N2O2/c15-9-11-8-10-2-1-3-13(10)16-14(11)18-12-4-6-17-7-5-12/h8,12H,1-7,9,15H2. The Balaban J connectivity index is 1.81. The van der Waals surface area contributed by atoms with E-state index < -0.39 is 0 Å². The predicted octanol–water partition coefficient (Wildman–Crippen LogP) is 1.59. The van der Waals surface area contributed by atoms with Crippen molar-refractivity contribution in [1.29, 1.82) is 0 Å². The molecule has 98 valence electrons. The number of nitrogens with two attached hydrogens (primary N) is 1. The summed E-state index contributed by atoms with van der Waals surface area (Å²) in [6.07, 6.45) is 5.53. The average molecular weight is 248 g/mol. The number of aryl methyl sites for hydroxylation is 2. The van der Waals surface area contributed by atoms with E-state index in [4.69, 9.17) is 15.2 Å². The zero-order chi connectivity index (χ0) is 12.4. The van der Waals surface area contributed by atoms with Crippen LogP contribution in [0.2, 0.25) is 0 Å². The Morgan fingerprint density at radius 2 is 2.17 bits per heavy atom. The maximum atomic E-state index is 6.03. The highest BCUT2D eigenvalue weighted by Gasteiger charge is 2.20. The number of pyridine rings is 1. The Morgan fingerprint density at radius 1 is 1.33 bits per heavy atom. The van der Waals surface area contributed by atoms with Gasteiger partial charge in [0.1, 0.15) is 6.10 Å². The van der Waals surface area contributed by atoms with E-state index in [0.717, 1.165) is 50.3 Å². The van der Waals surface area contributed by atoms with Gasteiger partial charge in [0.2, 0.25) is 5.88 Å². The first-order valence-corrected chi connectivity index (χ1v) is 6.83. The molecule has 0 radical (unpaired) electrons. The minimum Gasteiger partial charge on any atom is -0.474 e. The summed E-state index contributed by atoms with van der Waals surface area (Å²) in [5.74, 6) is 0.755. The van der Waals surface area contributed by atoms with Crippen LogP contribution in [0.1, 0.15) is 36.1 Å². The summed E-state index contributed by atoms with van der Waals surface area (Å²) in [5.41, 5.74) is 9.41. The fourth-order valence-electron chi connectivity index (χ4n) is 2.70. The molecule has 2 N–H and O–H groups in total. The molecular weight excluding hydrogens is 228 g/mol. The van der Waals surface area contributed by atoms with Gasteiger partial charge in [0.05, 0.1) is 13.2 Å². The Labute approximate surface area is 107 Å². The Bertz CT molecular complexity index is 428. The third-order valence-electron chi connectivity index (χ3n) is 3.76. The molecule has 4 nitrogen and oxygen atoms in total. The molecule has 4 heteroatoms. The second kappa shape index (κ2) is 5.24. The van der Waals surface area contributed by atoms with Crippen molar-refractivity contribution in [2.75, 3.05) is 13.2 Å². The summed E-state index contributed by atoms with van der Waals surface area (Å²) in [6.45, 7) is 2.07. The van der Waals surface area contributed by atoms with Crippen LogP contribution in [0, 0.1) is 0 Å². The molecule has 1 aliphatic carbocycles. The molecule has 18 heavy (non-hydrogen) atoms. The smallest absolute Gasteiger partial charge is 0.218 e. The first kappa shape index (κ1) is 11.9. The Morgan fingerprint density at radius 3 is 2.94 bits per heavy atom. The van der Waals surface area contributed by atoms with Gasteiger partial charge in [-0.3, -0.25) is 0 Å². The number of aromatic nitrogens is 1. The maximum absolute atomic E-state index is 6.03. The van der Waals surface area contributed by atoms with E-state index in [1.165, 1.54) is 17.7 Å². The molecule has 0 bridgehead atoms. The predicted molar refractivity (Wildman–Crippen MR) is 68.6 cm³/mol. The van der Waals surface area contributed by atoms with Gasteiger partial charge in [-0.1, -0.05) is 0 Å². The summed E-state index contributed by atoms with van der Waals surface area (Å²) in [7, 11) is 0. The first-order valence-electron chi connectivity index (χ1n) is 6.83. The zero-order valence-electron chi connectivity index (χ0n) is 10.7. The van der Waals surface area contributed by atoms with Gasteiger partial charge in [0, 0.05) is 30.6 Å². The third kappa shape index (κ3) is 2.35. The molecule has 1 fully saturated rings. The SMILES string of the molecule is NCc1cc2c(nc1OC1CCOCC1)CCC2. The van der Waals surface area contributed by atoms with E-state index in [-0.39, 0.29) is 6.10 Å². The molecule has 2 heterocycles. The van der Waals surface area contributed by atoms with Crippen molar-refractivity contribution in [3.63, 3.8) is 0 Å². The number of rotatable bonds is 3. The van der Waals surface area contributed by atoms with Crippen molar-refractivity contribution in [3.05, 3.63) is 22.9 Å². The maximum Gasteiger partial charge on any atom is 0.218 e. The first-order chi connectivity index (χ1) is 8.86. The number of fused-ring (bicyclic) bond motifs is 1. The highest BCUT2D eigenvalue weighted by molar-refractivity contribution is 5.36. The monoisotopic (exact) mass is 248 g/mol. The van der Waals surface area contributed by atoms with Crippen LogP contribution in [0.5, 0.6) is 5.88 Å². The van der Waals surface area contributed by atoms with Crippen molar-refractivity contribution in [1.82, 2.24) is 4.98 Å². The lowest BCUT2D eigenvalue weighted by Crippen LogP contribution is -2.27. The second-order valence-corrected chi connectivity index (χ2v) is 5.05. The van der Waals surface area contributed by atoms with Crippen LogP contribution in [0.15, 0.2) is 6.07 Å². The van der Waals surface area contributed by atoms with Gasteiger partial charge in [0.25, 0.3) is 0 Å². The molecule has 3 rings (SSSR count). The normalized spacial score (nSPS) is 19.8. The molecule has 1 aliphatic heterocycles. The van der Waals surface area contributed by atoms with Crippen molar-refractivity contribution in [2.24, 2.45) is 5.73 Å². The summed E-state index contributed by atoms with van der Waals surface area (Å²) in [6, 6.07) is 2.18. The number of nitrogens with zero attached hydrogens (tertiary/aromatic N) is 1. The summed E-state index contributed by atoms with van der Waals surface area (Å²) in [5, 5.41) is 0. The van der Waals surface area contributed by atoms with Crippen LogP contribution in [0.3, 0.4) is 0 Å². The number of hydrogen-bond donors (Lipinski definition) is 1. The van der Waals surface area contributed by atoms with Gasteiger partial charge in [-0.05, 0) is 30.9 Å². The minimum absolute atomic E-state index is 0.232. The molecule has 0 amide bonds. The zero-order valence-corrected chi connectivity index (χ0v) is 10.7. The topological polar surface area (TPSA) is 57.4 Å². The quantitative estimate of drug-likeness (QED) is 0.882. The molecule has 1 aromatic heterocycles. The fourth-order valence-corrected chi connectivity index (χ4v) is 2.70. The van der Waals surface area contributed by atoms with Gasteiger partial charge >= 0.3 is 0 Å². The summed E-state index contributed by atoms with van der Waals surface area (Å²) in [4.78, 5) is 4.68. The lowest BCUT2D eigenvalue weighted by molar-refractivity contribution is 0.0232. The van der Waals surface area contributed by atoms with Crippen LogP contribution in [-0.2, 0) is 24.1 Å². The molecule has 0 spiro atoms. The van der Waals surface area contributed by atoms with Crippen LogP contribution in [-0.4, -0.2) is 24.3 Å². The Hall–Kier alpha value is -1.13. The van der Waals surface area contributed by atoms with Crippen LogP contribution < -0.4 is 10.5 Å². The molecule has 0 atom stereocenters. The Kier molecular flexibility index (Phi) is 3.48. The number of hydrogen-bond acceptors (Lipinski definition) is 4. The molecule has 1 saturated heterocycles. The van der Waals surface area contributed by atoms with Crippen LogP contribution in [0.4, 0.5) is 0 Å². The van der Waals surface area contributed by atoms with Crippen molar-refractivity contribution in [3.8, 4) is 5.88 Å². The second-order valence-electron chi connectivity index (χ2n) is 5.05. The van der Waals surface area contributed by atoms with Crippen LogP contribution in [0.25, 0.3) is 0 Å². The van der Waals surface area contributed by atoms with Crippen molar-refractivity contribution in [2.45, 2.75) is 44.8 Å². The van der Waals surface area contributed by atoms with E-state index in [1.807, 2.05) is 0 Å². The van der Waals surface area contributed by atoms with E-state index >= 15 is 0 Å². The van der Waals surface area contributed by atoms with Crippen LogP contribution >= 0.6 is 0 Å². The molecule has 0 unspecified atom stereocenters. The lowest BCUT2D eigenvalue weighted by atomic mass is 10.1. The van der Waals surface area contributed by atoms with E-state index in [9.17, 15) is 0 Å². The molecule has 0 aromatic carbocycles. The van der Waals surface area contributed by atoms with Gasteiger partial charge in [-0.2, -0.15) is 0 Å². The van der Waals surface area contributed by atoms with Crippen molar-refractivity contribution >= 4 is 0 Å². The highest BCUT2D eigenvalue weighted by atomic mass is 16.5. The summed E-state index contributed by atoms with van der Waals surface area (Å²) < 4.78 is 11.4. The average Bonchev–Trinajstić information content (AvgIpc) is 2.86. The molecule has 2 aliphatic rings. The third-order valence-corrected chi connectivity index (χ3v) is 3.76. The van der Waals surface area contributed by atoms with Gasteiger partial charge in [0.15, 0.2) is 0 Å². The fraction of sp³-hybridized carbons (Fsp3) is 0.643. The van der Waals surface area contributed by atoms with Gasteiger partial charge < -0.3 is 15.2 Å². The van der Waals surface area contributed by atoms with E-state index in [1.54, 1.807) is 0 Å². The largest absolute Gasteiger partial charge is 0.474 e.